The molecule has 0 atom stereocenters. The first kappa shape index (κ1) is 21.1. The molecular formula is C19H21N3O5S. The number of carbonyl (C=O) groups excluding carboxylic acids is 3. The van der Waals surface area contributed by atoms with E-state index in [1.54, 1.807) is 13.0 Å². The van der Waals surface area contributed by atoms with Crippen molar-refractivity contribution in [3.63, 3.8) is 0 Å². The molecule has 0 aliphatic rings. The molecule has 3 N–H and O–H groups in total. The first-order valence-corrected chi connectivity index (χ1v) is 10.2. The Bertz CT molecular complexity index is 1030. The molecule has 2 aromatic rings. The van der Waals surface area contributed by atoms with E-state index >= 15 is 0 Å². The molecule has 0 unspecified atom stereocenters. The number of hydrogen-bond acceptors (Lipinski definition) is 5. The van der Waals surface area contributed by atoms with Crippen LogP contribution in [0.2, 0.25) is 0 Å². The number of sulfone groups is 1. The number of nitrogens with one attached hydrogen (secondary N) is 3. The van der Waals surface area contributed by atoms with Crippen LogP contribution in [0.25, 0.3) is 0 Å². The lowest BCUT2D eigenvalue weighted by molar-refractivity contribution is -0.115. The summed E-state index contributed by atoms with van der Waals surface area (Å²) in [6.45, 7) is 4.38. The highest BCUT2D eigenvalue weighted by Gasteiger charge is 2.14. The van der Waals surface area contributed by atoms with Gasteiger partial charge in [0.1, 0.15) is 0 Å². The first-order chi connectivity index (χ1) is 13.0. The van der Waals surface area contributed by atoms with E-state index < -0.39 is 15.7 Å². The molecule has 148 valence electrons. The van der Waals surface area contributed by atoms with Gasteiger partial charge in [-0.25, -0.2) is 8.42 Å². The largest absolute Gasteiger partial charge is 0.326 e. The van der Waals surface area contributed by atoms with Gasteiger partial charge < -0.3 is 16.0 Å². The van der Waals surface area contributed by atoms with Gasteiger partial charge in [-0.2, -0.15) is 0 Å². The summed E-state index contributed by atoms with van der Waals surface area (Å²) in [5, 5.41) is 7.81. The smallest absolute Gasteiger partial charge is 0.255 e. The van der Waals surface area contributed by atoms with Gasteiger partial charge in [0.15, 0.2) is 9.84 Å². The second-order valence-corrected chi connectivity index (χ2v) is 8.38. The van der Waals surface area contributed by atoms with Crippen molar-refractivity contribution in [1.29, 1.82) is 0 Å². The summed E-state index contributed by atoms with van der Waals surface area (Å²) in [5.74, 6) is -1.18. The van der Waals surface area contributed by atoms with Gasteiger partial charge >= 0.3 is 0 Å². The van der Waals surface area contributed by atoms with Gasteiger partial charge in [-0.3, -0.25) is 14.4 Å². The van der Waals surface area contributed by atoms with E-state index in [1.165, 1.54) is 44.2 Å². The molecule has 0 aromatic heterocycles. The number of rotatable bonds is 5. The lowest BCUT2D eigenvalue weighted by Crippen LogP contribution is -2.16. The molecule has 0 fully saturated rings. The van der Waals surface area contributed by atoms with Gasteiger partial charge in [-0.05, 0) is 42.8 Å². The highest BCUT2D eigenvalue weighted by molar-refractivity contribution is 7.90. The maximum absolute atomic E-state index is 12.7. The lowest BCUT2D eigenvalue weighted by Gasteiger charge is -2.13. The molecule has 28 heavy (non-hydrogen) atoms. The van der Waals surface area contributed by atoms with Crippen molar-refractivity contribution >= 4 is 44.6 Å². The standard InChI is InChI=1S/C19H21N3O5S/c1-11-5-6-17(28(4,26)27)10-18(11)22-19(25)14-7-15(20-12(2)23)9-16(8-14)21-13(3)24/h5-10H,1-4H3,(H,20,23)(H,21,24)(H,22,25). The number of carbonyl (C=O) groups is 3. The summed E-state index contributed by atoms with van der Waals surface area (Å²) in [6, 6.07) is 8.88. The number of aryl methyl sites for hydroxylation is 1. The summed E-state index contributed by atoms with van der Waals surface area (Å²) in [4.78, 5) is 35.5. The quantitative estimate of drug-likeness (QED) is 0.708. The van der Waals surface area contributed by atoms with Crippen LogP contribution in [-0.4, -0.2) is 32.4 Å². The predicted molar refractivity (Wildman–Crippen MR) is 107 cm³/mol. The van der Waals surface area contributed by atoms with Crippen LogP contribution in [0.3, 0.4) is 0 Å². The minimum absolute atomic E-state index is 0.0827. The highest BCUT2D eigenvalue weighted by atomic mass is 32.2. The van der Waals surface area contributed by atoms with E-state index in [-0.39, 0.29) is 22.3 Å². The molecule has 0 spiro atoms. The normalized spacial score (nSPS) is 10.9. The van der Waals surface area contributed by atoms with E-state index in [1.807, 2.05) is 0 Å². The van der Waals surface area contributed by atoms with E-state index in [0.717, 1.165) is 6.26 Å². The summed E-state index contributed by atoms with van der Waals surface area (Å²) >= 11 is 0. The Morgan fingerprint density at radius 3 is 1.82 bits per heavy atom. The molecule has 0 saturated heterocycles. The minimum atomic E-state index is -3.43. The second-order valence-electron chi connectivity index (χ2n) is 6.36. The van der Waals surface area contributed by atoms with E-state index in [2.05, 4.69) is 16.0 Å². The Kier molecular flexibility index (Phi) is 6.19. The third-order valence-corrected chi connectivity index (χ3v) is 4.83. The molecule has 0 radical (unpaired) electrons. The molecule has 0 saturated carbocycles. The van der Waals surface area contributed by atoms with E-state index in [4.69, 9.17) is 0 Å². The number of amides is 3. The molecule has 9 heteroatoms. The van der Waals surface area contributed by atoms with Crippen molar-refractivity contribution in [3.8, 4) is 0 Å². The monoisotopic (exact) mass is 403 g/mol. The van der Waals surface area contributed by atoms with Crippen molar-refractivity contribution < 1.29 is 22.8 Å². The molecule has 0 heterocycles. The van der Waals surface area contributed by atoms with Crippen molar-refractivity contribution in [2.45, 2.75) is 25.7 Å². The second kappa shape index (κ2) is 8.22. The van der Waals surface area contributed by atoms with Crippen LogP contribution in [0, 0.1) is 6.92 Å². The van der Waals surface area contributed by atoms with Crippen molar-refractivity contribution in [2.24, 2.45) is 0 Å². The summed E-state index contributed by atoms with van der Waals surface area (Å²) in [7, 11) is -3.43. The van der Waals surface area contributed by atoms with Gasteiger partial charge in [0.05, 0.1) is 4.90 Å². The maximum Gasteiger partial charge on any atom is 0.255 e. The molecule has 2 aromatic carbocycles. The first-order valence-electron chi connectivity index (χ1n) is 8.28. The third kappa shape index (κ3) is 5.65. The number of anilines is 3. The summed E-state index contributed by atoms with van der Waals surface area (Å²) in [6.07, 6.45) is 1.08. The molecular weight excluding hydrogens is 382 g/mol. The van der Waals surface area contributed by atoms with Crippen molar-refractivity contribution in [3.05, 3.63) is 47.5 Å². The zero-order chi connectivity index (χ0) is 21.1. The van der Waals surface area contributed by atoms with Crippen LogP contribution in [-0.2, 0) is 19.4 Å². The van der Waals surface area contributed by atoms with Crippen LogP contribution in [0.1, 0.15) is 29.8 Å². The fourth-order valence-electron chi connectivity index (χ4n) is 2.47. The van der Waals surface area contributed by atoms with Crippen LogP contribution < -0.4 is 16.0 Å². The number of hydrogen-bond donors (Lipinski definition) is 3. The van der Waals surface area contributed by atoms with Gasteiger partial charge in [-0.15, -0.1) is 0 Å². The Labute approximate surface area is 163 Å². The van der Waals surface area contributed by atoms with Gasteiger partial charge in [0.2, 0.25) is 11.8 Å². The minimum Gasteiger partial charge on any atom is -0.326 e. The zero-order valence-corrected chi connectivity index (χ0v) is 16.7. The Hall–Kier alpha value is -3.20. The van der Waals surface area contributed by atoms with Gasteiger partial charge in [0, 0.05) is 42.7 Å². The molecule has 2 rings (SSSR count). The zero-order valence-electron chi connectivity index (χ0n) is 15.9. The Morgan fingerprint density at radius 1 is 0.821 bits per heavy atom. The van der Waals surface area contributed by atoms with Gasteiger partial charge in [-0.1, -0.05) is 6.07 Å². The van der Waals surface area contributed by atoms with Crippen LogP contribution in [0.4, 0.5) is 17.1 Å². The number of benzene rings is 2. The van der Waals surface area contributed by atoms with Crippen molar-refractivity contribution in [1.82, 2.24) is 0 Å². The average Bonchev–Trinajstić information content (AvgIpc) is 2.54. The predicted octanol–water partition coefficient (Wildman–Crippen LogP) is 2.57. The molecule has 8 nitrogen and oxygen atoms in total. The maximum atomic E-state index is 12.7. The fourth-order valence-corrected chi connectivity index (χ4v) is 3.12. The van der Waals surface area contributed by atoms with Gasteiger partial charge in [0.25, 0.3) is 5.91 Å². The average molecular weight is 403 g/mol. The lowest BCUT2D eigenvalue weighted by atomic mass is 10.1. The Morgan fingerprint density at radius 2 is 1.36 bits per heavy atom. The van der Waals surface area contributed by atoms with E-state index in [9.17, 15) is 22.8 Å². The molecule has 3 amide bonds. The summed E-state index contributed by atoms with van der Waals surface area (Å²) in [5.41, 5.74) is 1.88. The third-order valence-electron chi connectivity index (χ3n) is 3.72. The molecule has 0 aliphatic carbocycles. The van der Waals surface area contributed by atoms with Crippen LogP contribution in [0.15, 0.2) is 41.3 Å². The Balaban J connectivity index is 2.40. The van der Waals surface area contributed by atoms with Crippen LogP contribution >= 0.6 is 0 Å². The van der Waals surface area contributed by atoms with E-state index in [0.29, 0.717) is 22.6 Å². The summed E-state index contributed by atoms with van der Waals surface area (Å²) < 4.78 is 23.5. The van der Waals surface area contributed by atoms with Crippen molar-refractivity contribution in [2.75, 3.05) is 22.2 Å². The topological polar surface area (TPSA) is 121 Å². The SMILES string of the molecule is CC(=O)Nc1cc(NC(C)=O)cc(C(=O)Nc2cc(S(C)(=O)=O)ccc2C)c1. The molecule has 0 aliphatic heterocycles. The highest BCUT2D eigenvalue weighted by Crippen LogP contribution is 2.23. The fraction of sp³-hybridized carbons (Fsp3) is 0.211. The molecule has 0 bridgehead atoms. The van der Waals surface area contributed by atoms with Crippen LogP contribution in [0.5, 0.6) is 0 Å².